The van der Waals surface area contributed by atoms with Crippen LogP contribution in [0.25, 0.3) is 0 Å². The molecule has 2 aromatic rings. The zero-order chi connectivity index (χ0) is 23.7. The number of nitrogens with zero attached hydrogens (tertiary/aromatic N) is 4. The number of piperidine rings is 1. The van der Waals surface area contributed by atoms with E-state index in [0.29, 0.717) is 29.1 Å². The summed E-state index contributed by atoms with van der Waals surface area (Å²) in [6, 6.07) is 10.5. The third kappa shape index (κ3) is 4.98. The number of ether oxygens (including phenoxy) is 1. The number of likely N-dealkylation sites (tertiary alicyclic amines) is 1. The Morgan fingerprint density at radius 2 is 1.91 bits per heavy atom. The zero-order valence-corrected chi connectivity index (χ0v) is 21.2. The van der Waals surface area contributed by atoms with E-state index in [-0.39, 0.29) is 11.3 Å². The van der Waals surface area contributed by atoms with Crippen LogP contribution in [-0.2, 0) is 14.9 Å². The maximum atomic E-state index is 13.0. The van der Waals surface area contributed by atoms with Gasteiger partial charge < -0.3 is 9.64 Å². The Morgan fingerprint density at radius 1 is 1.12 bits per heavy atom. The summed E-state index contributed by atoms with van der Waals surface area (Å²) in [5.74, 6) is 0.847. The number of hydrogen-bond donors (Lipinski definition) is 0. The van der Waals surface area contributed by atoms with Gasteiger partial charge >= 0.3 is 0 Å². The van der Waals surface area contributed by atoms with E-state index in [2.05, 4.69) is 20.9 Å². The summed E-state index contributed by atoms with van der Waals surface area (Å²) in [6.45, 7) is 9.54. The molecule has 0 aliphatic carbocycles. The minimum atomic E-state index is -0.196. The molecule has 3 aliphatic heterocycles. The van der Waals surface area contributed by atoms with Gasteiger partial charge in [0.15, 0.2) is 0 Å². The second-order valence-electron chi connectivity index (χ2n) is 9.89. The Kier molecular flexibility index (Phi) is 7.14. The molecule has 3 saturated heterocycles. The molecule has 1 atom stereocenters. The molecule has 1 aromatic carbocycles. The van der Waals surface area contributed by atoms with E-state index in [1.165, 1.54) is 0 Å². The van der Waals surface area contributed by atoms with Gasteiger partial charge in [-0.1, -0.05) is 35.3 Å². The molecule has 3 aliphatic rings. The molecule has 0 unspecified atom stereocenters. The number of amides is 1. The summed E-state index contributed by atoms with van der Waals surface area (Å²) in [4.78, 5) is 24.5. The molecule has 0 spiro atoms. The number of pyridine rings is 1. The number of anilines is 1. The van der Waals surface area contributed by atoms with Crippen LogP contribution in [0.1, 0.15) is 30.4 Å². The fourth-order valence-corrected chi connectivity index (χ4v) is 5.76. The first-order chi connectivity index (χ1) is 16.4. The van der Waals surface area contributed by atoms with Crippen molar-refractivity contribution in [3.63, 3.8) is 0 Å². The number of rotatable bonds is 6. The van der Waals surface area contributed by atoms with E-state index in [1.807, 2.05) is 42.3 Å². The van der Waals surface area contributed by atoms with E-state index >= 15 is 0 Å². The quantitative estimate of drug-likeness (QED) is 0.593. The fourth-order valence-electron chi connectivity index (χ4n) is 5.46. The van der Waals surface area contributed by atoms with Crippen molar-refractivity contribution in [3.8, 4) is 0 Å². The minimum Gasteiger partial charge on any atom is -0.379 e. The van der Waals surface area contributed by atoms with E-state index in [0.717, 1.165) is 75.7 Å². The first-order valence-electron chi connectivity index (χ1n) is 12.2. The number of aromatic nitrogens is 1. The second-order valence-corrected chi connectivity index (χ2v) is 10.7. The molecule has 182 valence electrons. The molecule has 3 fully saturated rings. The van der Waals surface area contributed by atoms with Gasteiger partial charge in [-0.3, -0.25) is 14.6 Å². The van der Waals surface area contributed by atoms with Crippen molar-refractivity contribution in [1.29, 1.82) is 0 Å². The third-order valence-electron chi connectivity index (χ3n) is 7.69. The van der Waals surface area contributed by atoms with Gasteiger partial charge in [0.25, 0.3) is 0 Å². The Hall–Kier alpha value is -1.70. The van der Waals surface area contributed by atoms with Crippen LogP contribution in [-0.4, -0.2) is 79.2 Å². The van der Waals surface area contributed by atoms with Gasteiger partial charge in [-0.05, 0) is 55.6 Å². The Labute approximate surface area is 211 Å². The van der Waals surface area contributed by atoms with Crippen LogP contribution >= 0.6 is 23.2 Å². The lowest BCUT2D eigenvalue weighted by Crippen LogP contribution is -2.62. The standard InChI is InChI=1S/C26H32Cl2N4O2/c1-19-2-5-24(29-15-19)32-18-26(7-6-25(32)33,20-3-4-22(27)23(28)14-20)8-9-30-16-21(17-30)31-10-12-34-13-11-31/h2-5,14-15,21H,6-13,16-18H2,1H3/t26-/m1/s1. The Morgan fingerprint density at radius 3 is 2.62 bits per heavy atom. The topological polar surface area (TPSA) is 48.9 Å². The molecule has 1 amide bonds. The van der Waals surface area contributed by atoms with Crippen molar-refractivity contribution < 1.29 is 9.53 Å². The number of aryl methyl sites for hydroxylation is 1. The largest absolute Gasteiger partial charge is 0.379 e. The Bertz CT molecular complexity index is 1020. The van der Waals surface area contributed by atoms with Gasteiger partial charge in [0.05, 0.1) is 23.3 Å². The number of carbonyl (C=O) groups is 1. The normalized spacial score (nSPS) is 24.9. The second kappa shape index (κ2) is 10.1. The first-order valence-corrected chi connectivity index (χ1v) is 12.9. The smallest absolute Gasteiger partial charge is 0.228 e. The molecule has 0 bridgehead atoms. The number of halogens is 2. The van der Waals surface area contributed by atoms with Gasteiger partial charge in [-0.15, -0.1) is 0 Å². The number of carbonyl (C=O) groups excluding carboxylic acids is 1. The van der Waals surface area contributed by atoms with E-state index in [9.17, 15) is 4.79 Å². The van der Waals surface area contributed by atoms with Crippen LogP contribution in [0, 0.1) is 6.92 Å². The maximum absolute atomic E-state index is 13.0. The van der Waals surface area contributed by atoms with Crippen LogP contribution in [0.5, 0.6) is 0 Å². The summed E-state index contributed by atoms with van der Waals surface area (Å²) in [6.07, 6.45) is 4.07. The van der Waals surface area contributed by atoms with E-state index in [1.54, 1.807) is 0 Å². The van der Waals surface area contributed by atoms with Crippen molar-refractivity contribution in [2.45, 2.75) is 37.6 Å². The molecule has 0 N–H and O–H groups in total. The first kappa shape index (κ1) is 24.0. The molecule has 4 heterocycles. The van der Waals surface area contributed by atoms with Gasteiger partial charge in [-0.25, -0.2) is 4.98 Å². The average molecular weight is 503 g/mol. The number of morpholine rings is 1. The molecule has 1 aromatic heterocycles. The third-order valence-corrected chi connectivity index (χ3v) is 8.43. The predicted molar refractivity (Wildman–Crippen MR) is 136 cm³/mol. The summed E-state index contributed by atoms with van der Waals surface area (Å²) in [5.41, 5.74) is 2.03. The van der Waals surface area contributed by atoms with Crippen LogP contribution in [0.4, 0.5) is 5.82 Å². The molecular weight excluding hydrogens is 471 g/mol. The summed E-state index contributed by atoms with van der Waals surface area (Å²) < 4.78 is 5.50. The van der Waals surface area contributed by atoms with Crippen molar-refractivity contribution in [2.24, 2.45) is 0 Å². The summed E-state index contributed by atoms with van der Waals surface area (Å²) in [7, 11) is 0. The molecular formula is C26H32Cl2N4O2. The number of hydrogen-bond acceptors (Lipinski definition) is 5. The van der Waals surface area contributed by atoms with E-state index < -0.39 is 0 Å². The van der Waals surface area contributed by atoms with Gasteiger partial charge in [0, 0.05) is 56.8 Å². The molecule has 34 heavy (non-hydrogen) atoms. The molecule has 6 nitrogen and oxygen atoms in total. The lowest BCUT2D eigenvalue weighted by molar-refractivity contribution is -0.120. The molecule has 0 saturated carbocycles. The molecule has 8 heteroatoms. The van der Waals surface area contributed by atoms with Gasteiger partial charge in [0.1, 0.15) is 5.82 Å². The maximum Gasteiger partial charge on any atom is 0.228 e. The Balaban J connectivity index is 1.34. The lowest BCUT2D eigenvalue weighted by atomic mass is 9.71. The summed E-state index contributed by atoms with van der Waals surface area (Å²) in [5, 5.41) is 1.12. The van der Waals surface area contributed by atoms with E-state index in [4.69, 9.17) is 27.9 Å². The fraction of sp³-hybridized carbons (Fsp3) is 0.538. The highest BCUT2D eigenvalue weighted by Gasteiger charge is 2.42. The van der Waals surface area contributed by atoms with Gasteiger partial charge in [-0.2, -0.15) is 0 Å². The highest BCUT2D eigenvalue weighted by atomic mass is 35.5. The van der Waals surface area contributed by atoms with Crippen LogP contribution in [0.3, 0.4) is 0 Å². The monoisotopic (exact) mass is 502 g/mol. The highest BCUT2D eigenvalue weighted by molar-refractivity contribution is 6.42. The van der Waals surface area contributed by atoms with Crippen molar-refractivity contribution in [2.75, 3.05) is 57.4 Å². The summed E-state index contributed by atoms with van der Waals surface area (Å²) >= 11 is 12.7. The average Bonchev–Trinajstić information content (AvgIpc) is 2.82. The van der Waals surface area contributed by atoms with Crippen LogP contribution in [0.15, 0.2) is 36.5 Å². The zero-order valence-electron chi connectivity index (χ0n) is 19.7. The van der Waals surface area contributed by atoms with Crippen molar-refractivity contribution in [3.05, 3.63) is 57.7 Å². The molecule has 0 radical (unpaired) electrons. The van der Waals surface area contributed by atoms with Gasteiger partial charge in [0.2, 0.25) is 5.91 Å². The predicted octanol–water partition coefficient (Wildman–Crippen LogP) is 4.17. The highest BCUT2D eigenvalue weighted by Crippen LogP contribution is 2.41. The minimum absolute atomic E-state index is 0.128. The van der Waals surface area contributed by atoms with Crippen molar-refractivity contribution >= 4 is 34.9 Å². The number of benzene rings is 1. The van der Waals surface area contributed by atoms with Crippen molar-refractivity contribution in [1.82, 2.24) is 14.8 Å². The molecule has 5 rings (SSSR count). The van der Waals surface area contributed by atoms with Crippen LogP contribution in [0.2, 0.25) is 10.0 Å². The lowest BCUT2D eigenvalue weighted by Gasteiger charge is -2.49. The SMILES string of the molecule is Cc1ccc(N2C[C@@](CCN3CC(N4CCOCC4)C3)(c3ccc(Cl)c(Cl)c3)CCC2=O)nc1. The van der Waals surface area contributed by atoms with Crippen LogP contribution < -0.4 is 4.90 Å².